The summed E-state index contributed by atoms with van der Waals surface area (Å²) in [6.45, 7) is 10.8. The standard InChI is InChI=1S/C14H19NO/c1-4-10-15(11-5-2)14-9-7-6-8-13(14)12(3)16/h4-9,12,16H,1-2,10-11H2,3H3/t12-/m0/s1. The SMILES string of the molecule is C=CCN(CC=C)c1ccccc1[C@H](C)O. The maximum absolute atomic E-state index is 9.71. The predicted octanol–water partition coefficient (Wildman–Crippen LogP) is 2.92. The molecule has 0 saturated heterocycles. The second-order valence-electron chi connectivity index (χ2n) is 3.72. The van der Waals surface area contributed by atoms with Gasteiger partial charge in [-0.1, -0.05) is 30.4 Å². The van der Waals surface area contributed by atoms with Gasteiger partial charge in [-0.3, -0.25) is 0 Å². The summed E-state index contributed by atoms with van der Waals surface area (Å²) >= 11 is 0. The molecule has 0 bridgehead atoms. The zero-order chi connectivity index (χ0) is 12.0. The number of nitrogens with zero attached hydrogens (tertiary/aromatic N) is 1. The fourth-order valence-electron chi connectivity index (χ4n) is 1.71. The maximum atomic E-state index is 9.71. The van der Waals surface area contributed by atoms with Crippen LogP contribution in [0.3, 0.4) is 0 Å². The van der Waals surface area contributed by atoms with E-state index in [9.17, 15) is 5.11 Å². The molecule has 0 aliphatic rings. The van der Waals surface area contributed by atoms with Gasteiger partial charge in [-0.15, -0.1) is 13.2 Å². The second kappa shape index (κ2) is 6.13. The van der Waals surface area contributed by atoms with Crippen LogP contribution >= 0.6 is 0 Å². The highest BCUT2D eigenvalue weighted by Crippen LogP contribution is 2.25. The van der Waals surface area contributed by atoms with E-state index in [0.29, 0.717) is 0 Å². The number of rotatable bonds is 6. The number of aliphatic hydroxyl groups excluding tert-OH is 1. The van der Waals surface area contributed by atoms with E-state index < -0.39 is 6.10 Å². The molecule has 86 valence electrons. The van der Waals surface area contributed by atoms with Crippen molar-refractivity contribution in [3.8, 4) is 0 Å². The molecular weight excluding hydrogens is 198 g/mol. The van der Waals surface area contributed by atoms with E-state index in [4.69, 9.17) is 0 Å². The molecule has 1 atom stereocenters. The third-order valence-electron chi connectivity index (χ3n) is 2.43. The van der Waals surface area contributed by atoms with Crippen molar-refractivity contribution in [2.75, 3.05) is 18.0 Å². The molecule has 0 saturated carbocycles. The van der Waals surface area contributed by atoms with Crippen molar-refractivity contribution >= 4 is 5.69 Å². The Morgan fingerprint density at radius 2 is 1.81 bits per heavy atom. The van der Waals surface area contributed by atoms with Gasteiger partial charge in [0.15, 0.2) is 0 Å². The summed E-state index contributed by atoms with van der Waals surface area (Å²) in [5.74, 6) is 0. The Labute approximate surface area is 97.5 Å². The summed E-state index contributed by atoms with van der Waals surface area (Å²) in [5.41, 5.74) is 1.98. The van der Waals surface area contributed by atoms with Gasteiger partial charge in [0.1, 0.15) is 0 Å². The van der Waals surface area contributed by atoms with Gasteiger partial charge >= 0.3 is 0 Å². The molecule has 0 radical (unpaired) electrons. The van der Waals surface area contributed by atoms with Gasteiger partial charge in [-0.2, -0.15) is 0 Å². The van der Waals surface area contributed by atoms with Gasteiger partial charge in [0.2, 0.25) is 0 Å². The summed E-state index contributed by atoms with van der Waals surface area (Å²) in [4.78, 5) is 2.13. The smallest absolute Gasteiger partial charge is 0.0781 e. The Balaban J connectivity index is 3.06. The third kappa shape index (κ3) is 2.97. The fraction of sp³-hybridized carbons (Fsp3) is 0.286. The zero-order valence-electron chi connectivity index (χ0n) is 9.76. The Hall–Kier alpha value is -1.54. The fourth-order valence-corrected chi connectivity index (χ4v) is 1.71. The van der Waals surface area contributed by atoms with Gasteiger partial charge in [-0.05, 0) is 13.0 Å². The minimum absolute atomic E-state index is 0.465. The molecule has 0 amide bonds. The van der Waals surface area contributed by atoms with Crippen LogP contribution in [0.5, 0.6) is 0 Å². The molecule has 16 heavy (non-hydrogen) atoms. The molecule has 1 rings (SSSR count). The second-order valence-corrected chi connectivity index (χ2v) is 3.72. The van der Waals surface area contributed by atoms with E-state index in [2.05, 4.69) is 18.1 Å². The van der Waals surface area contributed by atoms with Crippen LogP contribution in [-0.2, 0) is 0 Å². The van der Waals surface area contributed by atoms with Crippen LogP contribution in [0.1, 0.15) is 18.6 Å². The first kappa shape index (κ1) is 12.5. The van der Waals surface area contributed by atoms with E-state index in [-0.39, 0.29) is 0 Å². The van der Waals surface area contributed by atoms with Crippen molar-refractivity contribution in [2.45, 2.75) is 13.0 Å². The van der Waals surface area contributed by atoms with Crippen LogP contribution in [0.4, 0.5) is 5.69 Å². The summed E-state index contributed by atoms with van der Waals surface area (Å²) in [6.07, 6.45) is 3.23. The molecule has 0 spiro atoms. The van der Waals surface area contributed by atoms with E-state index >= 15 is 0 Å². The number of benzene rings is 1. The third-order valence-corrected chi connectivity index (χ3v) is 2.43. The molecular formula is C14H19NO. The minimum atomic E-state index is -0.465. The molecule has 1 aromatic rings. The number of para-hydroxylation sites is 1. The monoisotopic (exact) mass is 217 g/mol. The quantitative estimate of drug-likeness (QED) is 0.741. The van der Waals surface area contributed by atoms with E-state index in [0.717, 1.165) is 24.3 Å². The lowest BCUT2D eigenvalue weighted by Crippen LogP contribution is -2.24. The lowest BCUT2D eigenvalue weighted by Gasteiger charge is -2.25. The highest BCUT2D eigenvalue weighted by atomic mass is 16.3. The van der Waals surface area contributed by atoms with Gasteiger partial charge in [0.25, 0.3) is 0 Å². The van der Waals surface area contributed by atoms with Crippen LogP contribution in [0, 0.1) is 0 Å². The summed E-state index contributed by atoms with van der Waals surface area (Å²) in [6, 6.07) is 7.86. The Bertz CT molecular complexity index is 348. The minimum Gasteiger partial charge on any atom is -0.389 e. The van der Waals surface area contributed by atoms with E-state index in [1.165, 1.54) is 0 Å². The van der Waals surface area contributed by atoms with Crippen LogP contribution in [0.15, 0.2) is 49.6 Å². The summed E-state index contributed by atoms with van der Waals surface area (Å²) in [5, 5.41) is 9.71. The first-order chi connectivity index (χ1) is 7.70. The van der Waals surface area contributed by atoms with Crippen LogP contribution in [0.2, 0.25) is 0 Å². The van der Waals surface area contributed by atoms with Gasteiger partial charge in [-0.25, -0.2) is 0 Å². The first-order valence-electron chi connectivity index (χ1n) is 5.44. The highest BCUT2D eigenvalue weighted by molar-refractivity contribution is 5.55. The molecule has 0 aromatic heterocycles. The zero-order valence-corrected chi connectivity index (χ0v) is 9.76. The van der Waals surface area contributed by atoms with Gasteiger partial charge in [0.05, 0.1) is 6.10 Å². The Morgan fingerprint density at radius 3 is 2.31 bits per heavy atom. The first-order valence-corrected chi connectivity index (χ1v) is 5.44. The molecule has 1 N–H and O–H groups in total. The molecule has 0 heterocycles. The molecule has 0 fully saturated rings. The van der Waals surface area contributed by atoms with Crippen molar-refractivity contribution in [1.82, 2.24) is 0 Å². The largest absolute Gasteiger partial charge is 0.389 e. The van der Waals surface area contributed by atoms with Crippen LogP contribution in [-0.4, -0.2) is 18.2 Å². The topological polar surface area (TPSA) is 23.5 Å². The van der Waals surface area contributed by atoms with Crippen molar-refractivity contribution in [3.05, 3.63) is 55.1 Å². The maximum Gasteiger partial charge on any atom is 0.0781 e. The summed E-state index contributed by atoms with van der Waals surface area (Å²) in [7, 11) is 0. The average Bonchev–Trinajstić information content (AvgIpc) is 2.29. The molecule has 0 aliphatic carbocycles. The number of aliphatic hydroxyl groups is 1. The molecule has 0 aliphatic heterocycles. The number of hydrogen-bond donors (Lipinski definition) is 1. The molecule has 1 aromatic carbocycles. The van der Waals surface area contributed by atoms with Crippen molar-refractivity contribution in [1.29, 1.82) is 0 Å². The Kier molecular flexibility index (Phi) is 4.80. The van der Waals surface area contributed by atoms with Crippen molar-refractivity contribution in [3.63, 3.8) is 0 Å². The van der Waals surface area contributed by atoms with Crippen LogP contribution < -0.4 is 4.90 Å². The average molecular weight is 217 g/mol. The van der Waals surface area contributed by atoms with Crippen molar-refractivity contribution in [2.24, 2.45) is 0 Å². The highest BCUT2D eigenvalue weighted by Gasteiger charge is 2.11. The van der Waals surface area contributed by atoms with E-state index in [1.807, 2.05) is 36.4 Å². The van der Waals surface area contributed by atoms with Gasteiger partial charge < -0.3 is 10.0 Å². The number of hydrogen-bond acceptors (Lipinski definition) is 2. The molecule has 2 nitrogen and oxygen atoms in total. The van der Waals surface area contributed by atoms with Gasteiger partial charge in [0, 0.05) is 24.3 Å². The normalized spacial score (nSPS) is 11.9. The summed E-state index contributed by atoms with van der Waals surface area (Å²) < 4.78 is 0. The lowest BCUT2D eigenvalue weighted by atomic mass is 10.1. The van der Waals surface area contributed by atoms with Crippen molar-refractivity contribution < 1.29 is 5.11 Å². The number of anilines is 1. The Morgan fingerprint density at radius 1 is 1.25 bits per heavy atom. The molecule has 2 heteroatoms. The van der Waals surface area contributed by atoms with E-state index in [1.54, 1.807) is 6.92 Å². The lowest BCUT2D eigenvalue weighted by molar-refractivity contribution is 0.199. The molecule has 0 unspecified atom stereocenters. The van der Waals surface area contributed by atoms with Crippen LogP contribution in [0.25, 0.3) is 0 Å². The predicted molar refractivity (Wildman–Crippen MR) is 69.7 cm³/mol.